The molecule has 1 aromatic heterocycles. The van der Waals surface area contributed by atoms with E-state index in [9.17, 15) is 0 Å². The van der Waals surface area contributed by atoms with E-state index in [0.717, 1.165) is 30.1 Å². The van der Waals surface area contributed by atoms with E-state index in [0.29, 0.717) is 17.1 Å². The van der Waals surface area contributed by atoms with Crippen molar-refractivity contribution in [3.05, 3.63) is 46.0 Å². The lowest BCUT2D eigenvalue weighted by Gasteiger charge is -2.08. The summed E-state index contributed by atoms with van der Waals surface area (Å²) in [6.07, 6.45) is 1.61. The molecule has 0 radical (unpaired) electrons. The van der Waals surface area contributed by atoms with Gasteiger partial charge in [-0.05, 0) is 11.6 Å². The fraction of sp³-hybridized carbons (Fsp3) is 0.357. The molecule has 7 heteroatoms. The quantitative estimate of drug-likeness (QED) is 0.383. The van der Waals surface area contributed by atoms with Crippen LogP contribution in [0.2, 0.25) is 5.02 Å². The van der Waals surface area contributed by atoms with Gasteiger partial charge in [0.1, 0.15) is 5.82 Å². The topological polar surface area (TPSA) is 89.3 Å². The number of rotatable bonds is 5. The average Bonchev–Trinajstić information content (AvgIpc) is 2.90. The Labute approximate surface area is 128 Å². The summed E-state index contributed by atoms with van der Waals surface area (Å²) in [6.45, 7) is 4.62. The first-order chi connectivity index (χ1) is 10.1. The first-order valence-electron chi connectivity index (χ1n) is 6.77. The molecule has 0 aliphatic heterocycles. The van der Waals surface area contributed by atoms with Crippen molar-refractivity contribution < 1.29 is 5.21 Å². The number of hydrogen-bond donors (Lipinski definition) is 2. The molecule has 2 aromatic rings. The van der Waals surface area contributed by atoms with E-state index < -0.39 is 0 Å². The average molecular weight is 308 g/mol. The summed E-state index contributed by atoms with van der Waals surface area (Å²) in [5.74, 6) is 1.80. The number of nitrogens with zero attached hydrogens (tertiary/aromatic N) is 4. The smallest absolute Gasteiger partial charge is 0.170 e. The van der Waals surface area contributed by atoms with E-state index in [1.165, 1.54) is 0 Å². The van der Waals surface area contributed by atoms with Crippen molar-refractivity contribution in [3.63, 3.8) is 0 Å². The van der Waals surface area contributed by atoms with Gasteiger partial charge in [-0.25, -0.2) is 9.67 Å². The molecule has 6 nitrogen and oxygen atoms in total. The number of hydrogen-bond acceptors (Lipinski definition) is 4. The third-order valence-electron chi connectivity index (χ3n) is 3.20. The maximum absolute atomic E-state index is 8.68. The van der Waals surface area contributed by atoms with Crippen molar-refractivity contribution in [2.45, 2.75) is 33.2 Å². The van der Waals surface area contributed by atoms with Gasteiger partial charge in [0, 0.05) is 23.4 Å². The molecule has 3 N–H and O–H groups in total. The Balaban J connectivity index is 2.30. The highest BCUT2D eigenvalue weighted by Crippen LogP contribution is 2.19. The minimum atomic E-state index is 0.0340. The van der Waals surface area contributed by atoms with E-state index in [-0.39, 0.29) is 5.84 Å². The van der Waals surface area contributed by atoms with Crippen molar-refractivity contribution in [3.8, 4) is 0 Å². The summed E-state index contributed by atoms with van der Waals surface area (Å²) in [5.41, 5.74) is 7.04. The van der Waals surface area contributed by atoms with Crippen molar-refractivity contribution in [2.75, 3.05) is 0 Å². The molecule has 0 bridgehead atoms. The van der Waals surface area contributed by atoms with Gasteiger partial charge in [-0.1, -0.05) is 42.7 Å². The maximum atomic E-state index is 8.68. The van der Waals surface area contributed by atoms with Crippen LogP contribution in [0.3, 0.4) is 0 Å². The van der Waals surface area contributed by atoms with Crippen molar-refractivity contribution in [2.24, 2.45) is 10.9 Å². The Morgan fingerprint density at radius 2 is 2.14 bits per heavy atom. The Bertz CT molecular complexity index is 665. The molecule has 21 heavy (non-hydrogen) atoms. The van der Waals surface area contributed by atoms with Gasteiger partial charge in [-0.3, -0.25) is 0 Å². The second-order valence-electron chi connectivity index (χ2n) is 4.60. The van der Waals surface area contributed by atoms with Crippen molar-refractivity contribution in [1.82, 2.24) is 14.8 Å². The van der Waals surface area contributed by atoms with Crippen LogP contribution in [0, 0.1) is 0 Å². The second kappa shape index (κ2) is 6.58. The van der Waals surface area contributed by atoms with E-state index in [1.807, 2.05) is 24.6 Å². The van der Waals surface area contributed by atoms with Gasteiger partial charge in [0.25, 0.3) is 0 Å². The van der Waals surface area contributed by atoms with E-state index in [4.69, 9.17) is 22.5 Å². The van der Waals surface area contributed by atoms with Crippen LogP contribution in [-0.2, 0) is 19.4 Å². The third kappa shape index (κ3) is 3.33. The molecule has 0 spiro atoms. The Morgan fingerprint density at radius 1 is 1.38 bits per heavy atom. The minimum absolute atomic E-state index is 0.0340. The van der Waals surface area contributed by atoms with Gasteiger partial charge in [0.2, 0.25) is 0 Å². The zero-order valence-corrected chi connectivity index (χ0v) is 12.8. The number of aromatic nitrogens is 3. The standard InChI is InChI=1S/C14H18ClN5O/c1-3-12-17-13(4-2)20(18-12)8-10-6-5-9(7-11(10)15)14(16)19-21/h5-7,21H,3-4,8H2,1-2H3,(H2,16,19). The van der Waals surface area contributed by atoms with Gasteiger partial charge >= 0.3 is 0 Å². The van der Waals surface area contributed by atoms with Crippen LogP contribution in [0.25, 0.3) is 0 Å². The second-order valence-corrected chi connectivity index (χ2v) is 5.01. The summed E-state index contributed by atoms with van der Waals surface area (Å²) in [5, 5.41) is 16.7. The Morgan fingerprint density at radius 3 is 2.71 bits per heavy atom. The number of amidine groups is 1. The summed E-state index contributed by atoms with van der Waals surface area (Å²) in [7, 11) is 0. The maximum Gasteiger partial charge on any atom is 0.170 e. The molecule has 0 unspecified atom stereocenters. The van der Waals surface area contributed by atoms with Crippen LogP contribution in [0.15, 0.2) is 23.4 Å². The molecule has 0 saturated heterocycles. The first kappa shape index (κ1) is 15.3. The molecule has 112 valence electrons. The number of halogens is 1. The molecule has 1 heterocycles. The lowest BCUT2D eigenvalue weighted by atomic mass is 10.1. The number of oxime groups is 1. The summed E-state index contributed by atoms with van der Waals surface area (Å²) < 4.78 is 1.86. The molecular weight excluding hydrogens is 290 g/mol. The highest BCUT2D eigenvalue weighted by atomic mass is 35.5. The molecular formula is C14H18ClN5O. The van der Waals surface area contributed by atoms with Gasteiger partial charge in [-0.15, -0.1) is 0 Å². The van der Waals surface area contributed by atoms with Crippen LogP contribution < -0.4 is 5.73 Å². The highest BCUT2D eigenvalue weighted by molar-refractivity contribution is 6.31. The van der Waals surface area contributed by atoms with E-state index in [1.54, 1.807) is 12.1 Å². The molecule has 0 aliphatic rings. The monoisotopic (exact) mass is 307 g/mol. The fourth-order valence-corrected chi connectivity index (χ4v) is 2.26. The summed E-state index contributed by atoms with van der Waals surface area (Å²) in [4.78, 5) is 4.47. The lowest BCUT2D eigenvalue weighted by molar-refractivity contribution is 0.318. The number of benzene rings is 1. The molecule has 0 amide bonds. The molecule has 0 saturated carbocycles. The van der Waals surface area contributed by atoms with Crippen molar-refractivity contribution >= 4 is 17.4 Å². The number of aryl methyl sites for hydroxylation is 2. The van der Waals surface area contributed by atoms with Crippen LogP contribution in [0.1, 0.15) is 36.6 Å². The van der Waals surface area contributed by atoms with Crippen LogP contribution in [0.5, 0.6) is 0 Å². The molecule has 0 aliphatic carbocycles. The normalized spacial score (nSPS) is 11.9. The zero-order valence-electron chi connectivity index (χ0n) is 12.0. The molecule has 2 rings (SSSR count). The third-order valence-corrected chi connectivity index (χ3v) is 3.55. The van der Waals surface area contributed by atoms with Crippen LogP contribution in [0.4, 0.5) is 0 Å². The predicted octanol–water partition coefficient (Wildman–Crippen LogP) is 2.20. The van der Waals surface area contributed by atoms with Gasteiger partial charge in [0.05, 0.1) is 6.54 Å². The lowest BCUT2D eigenvalue weighted by Crippen LogP contribution is -2.13. The number of nitrogens with two attached hydrogens (primary N) is 1. The minimum Gasteiger partial charge on any atom is -0.409 e. The van der Waals surface area contributed by atoms with Crippen LogP contribution >= 0.6 is 11.6 Å². The molecule has 1 aromatic carbocycles. The first-order valence-corrected chi connectivity index (χ1v) is 7.15. The zero-order chi connectivity index (χ0) is 15.4. The molecule has 0 atom stereocenters. The fourth-order valence-electron chi connectivity index (χ4n) is 2.02. The van der Waals surface area contributed by atoms with Crippen molar-refractivity contribution in [1.29, 1.82) is 0 Å². The highest BCUT2D eigenvalue weighted by Gasteiger charge is 2.10. The van der Waals surface area contributed by atoms with Gasteiger partial charge < -0.3 is 10.9 Å². The van der Waals surface area contributed by atoms with E-state index >= 15 is 0 Å². The van der Waals surface area contributed by atoms with E-state index in [2.05, 4.69) is 15.2 Å². The SMILES string of the molecule is CCc1nc(CC)n(Cc2ccc(/C(N)=N/O)cc2Cl)n1. The Kier molecular flexibility index (Phi) is 4.80. The molecule has 0 fully saturated rings. The summed E-state index contributed by atoms with van der Waals surface area (Å²) in [6, 6.07) is 5.29. The summed E-state index contributed by atoms with van der Waals surface area (Å²) >= 11 is 6.26. The largest absolute Gasteiger partial charge is 0.409 e. The van der Waals surface area contributed by atoms with Gasteiger partial charge in [-0.2, -0.15) is 5.10 Å². The van der Waals surface area contributed by atoms with Gasteiger partial charge in [0.15, 0.2) is 11.7 Å². The van der Waals surface area contributed by atoms with Crippen LogP contribution in [-0.4, -0.2) is 25.8 Å². The predicted molar refractivity (Wildman–Crippen MR) is 81.8 cm³/mol. The Hall–Kier alpha value is -2.08.